The minimum absolute atomic E-state index is 0.0526. The number of piperidine rings is 2. The Morgan fingerprint density at radius 1 is 0.680 bits per heavy atom. The first-order valence-electron chi connectivity index (χ1n) is 18.9. The van der Waals surface area contributed by atoms with Crippen molar-refractivity contribution in [3.05, 3.63) is 57.0 Å². The normalized spacial score (nSPS) is 19.1. The number of carbonyl (C=O) groups is 1. The van der Waals surface area contributed by atoms with Crippen LogP contribution in [0.4, 0.5) is 0 Å². The number of Topliss-reactive ketones (excluding diaryl/α,β-unsaturated/α-hetero) is 1. The summed E-state index contributed by atoms with van der Waals surface area (Å²) in [6, 6.07) is 12.9. The second kappa shape index (κ2) is 15.1. The lowest BCUT2D eigenvalue weighted by molar-refractivity contribution is -0.129. The zero-order valence-corrected chi connectivity index (χ0v) is 34.8. The molecular formula is C41H58Br2N6O. The number of hydrogen-bond acceptors (Lipinski definition) is 5. The Bertz CT molecular complexity index is 1670. The van der Waals surface area contributed by atoms with Crippen molar-refractivity contribution in [1.82, 2.24) is 28.9 Å². The van der Waals surface area contributed by atoms with E-state index in [1.54, 1.807) is 0 Å². The van der Waals surface area contributed by atoms with Crippen molar-refractivity contribution in [3.8, 4) is 0 Å². The highest BCUT2D eigenvalue weighted by atomic mass is 79.9. The highest BCUT2D eigenvalue weighted by Gasteiger charge is 2.34. The molecule has 2 saturated heterocycles. The maximum absolute atomic E-state index is 13.9. The summed E-state index contributed by atoms with van der Waals surface area (Å²) in [4.78, 5) is 28.9. The molecule has 50 heavy (non-hydrogen) atoms. The molecule has 0 saturated carbocycles. The summed E-state index contributed by atoms with van der Waals surface area (Å²) in [6.45, 7) is 23.9. The molecule has 2 fully saturated rings. The molecule has 2 unspecified atom stereocenters. The van der Waals surface area contributed by atoms with Gasteiger partial charge in [0.25, 0.3) is 0 Å². The van der Waals surface area contributed by atoms with E-state index in [0.29, 0.717) is 17.6 Å². The first-order chi connectivity index (χ1) is 23.5. The molecule has 2 aromatic heterocycles. The lowest BCUT2D eigenvalue weighted by Crippen LogP contribution is -2.52. The van der Waals surface area contributed by atoms with Crippen LogP contribution in [0, 0.1) is 22.7 Å². The summed E-state index contributed by atoms with van der Waals surface area (Å²) >= 11 is 7.27. The third-order valence-electron chi connectivity index (χ3n) is 11.1. The van der Waals surface area contributed by atoms with Gasteiger partial charge in [-0.05, 0) is 125 Å². The van der Waals surface area contributed by atoms with Gasteiger partial charge in [0.1, 0.15) is 11.6 Å². The van der Waals surface area contributed by atoms with E-state index < -0.39 is 0 Å². The van der Waals surface area contributed by atoms with Crippen molar-refractivity contribution in [3.63, 3.8) is 0 Å². The molecule has 0 amide bonds. The predicted molar refractivity (Wildman–Crippen MR) is 214 cm³/mol. The number of hydrogen-bond donors (Lipinski definition) is 0. The molecule has 4 aromatic rings. The zero-order chi connectivity index (χ0) is 36.0. The molecule has 4 heterocycles. The van der Waals surface area contributed by atoms with Gasteiger partial charge in [-0.2, -0.15) is 0 Å². The fraction of sp³-hybridized carbons (Fsp3) is 0.634. The molecule has 9 heteroatoms. The van der Waals surface area contributed by atoms with Gasteiger partial charge in [-0.3, -0.25) is 14.6 Å². The summed E-state index contributed by atoms with van der Waals surface area (Å²) in [5.74, 6) is 3.92. The van der Waals surface area contributed by atoms with Gasteiger partial charge in [0, 0.05) is 34.9 Å². The molecule has 2 aromatic carbocycles. The van der Waals surface area contributed by atoms with Gasteiger partial charge in [-0.1, -0.05) is 73.4 Å². The van der Waals surface area contributed by atoms with Crippen LogP contribution in [0.2, 0.25) is 0 Å². The van der Waals surface area contributed by atoms with Crippen LogP contribution in [0.1, 0.15) is 92.7 Å². The summed E-state index contributed by atoms with van der Waals surface area (Å²) in [5, 5.41) is 0. The molecule has 6 rings (SSSR count). The molecule has 2 atom stereocenters. The SMILES string of the molecule is CC(C(=O)C(C)N1CCC(Cn2c(CC(C)(C)C)nc3cc(Br)ccc32)CC1)N1CCC(Cn2c(CC(C)(C)C)nc3cc(Br)ccc32)CC1. The van der Waals surface area contributed by atoms with E-state index in [2.05, 4.69) is 143 Å². The molecule has 0 radical (unpaired) electrons. The van der Waals surface area contributed by atoms with E-state index in [9.17, 15) is 4.79 Å². The zero-order valence-electron chi connectivity index (χ0n) is 31.6. The molecule has 0 N–H and O–H groups in total. The molecule has 272 valence electrons. The van der Waals surface area contributed by atoms with Crippen molar-refractivity contribution in [2.45, 2.75) is 119 Å². The summed E-state index contributed by atoms with van der Waals surface area (Å²) in [5.41, 5.74) is 4.94. The lowest BCUT2D eigenvalue weighted by Gasteiger charge is -2.40. The Hall–Kier alpha value is -2.07. The van der Waals surface area contributed by atoms with E-state index in [-0.39, 0.29) is 22.9 Å². The molecule has 2 aliphatic heterocycles. The largest absolute Gasteiger partial charge is 0.328 e. The van der Waals surface area contributed by atoms with Crippen molar-refractivity contribution >= 4 is 59.7 Å². The van der Waals surface area contributed by atoms with Crippen LogP contribution in [0.5, 0.6) is 0 Å². The second-order valence-corrected chi connectivity index (χ2v) is 19.6. The van der Waals surface area contributed by atoms with Gasteiger partial charge in [0.05, 0.1) is 34.2 Å². The van der Waals surface area contributed by atoms with Gasteiger partial charge in [-0.15, -0.1) is 0 Å². The van der Waals surface area contributed by atoms with Gasteiger partial charge >= 0.3 is 0 Å². The summed E-state index contributed by atoms with van der Waals surface area (Å²) in [7, 11) is 0. The molecule has 0 aliphatic carbocycles. The third-order valence-corrected chi connectivity index (χ3v) is 12.0. The van der Waals surface area contributed by atoms with Gasteiger partial charge < -0.3 is 9.13 Å². The fourth-order valence-corrected chi connectivity index (χ4v) is 8.90. The number of likely N-dealkylation sites (tertiary alicyclic amines) is 2. The van der Waals surface area contributed by atoms with Gasteiger partial charge in [0.2, 0.25) is 0 Å². The molecule has 7 nitrogen and oxygen atoms in total. The van der Waals surface area contributed by atoms with Crippen molar-refractivity contribution in [1.29, 1.82) is 0 Å². The van der Waals surface area contributed by atoms with Crippen molar-refractivity contribution < 1.29 is 4.79 Å². The number of aromatic nitrogens is 4. The Morgan fingerprint density at radius 3 is 1.38 bits per heavy atom. The van der Waals surface area contributed by atoms with Crippen LogP contribution in [0.3, 0.4) is 0 Å². The topological polar surface area (TPSA) is 59.2 Å². The van der Waals surface area contributed by atoms with Crippen LogP contribution >= 0.6 is 31.9 Å². The standard InChI is InChI=1S/C41H58Br2N6O/c1-27(46-17-13-29(14-18-46)25-48-35-11-9-31(42)21-33(35)44-37(48)23-40(3,4)5)39(50)28(2)47-19-15-30(16-20-47)26-49-36-12-10-32(43)22-34(36)45-38(49)24-41(6,7)8/h9-12,21-22,27-30H,13-20,23-26H2,1-8H3. The van der Waals surface area contributed by atoms with Crippen molar-refractivity contribution in [2.75, 3.05) is 26.2 Å². The highest BCUT2D eigenvalue weighted by Crippen LogP contribution is 2.32. The number of halogens is 2. The molecular weight excluding hydrogens is 752 g/mol. The van der Waals surface area contributed by atoms with Crippen LogP contribution in [0.25, 0.3) is 22.1 Å². The minimum Gasteiger partial charge on any atom is -0.328 e. The number of ketones is 1. The molecule has 0 spiro atoms. The maximum Gasteiger partial charge on any atom is 0.166 e. The van der Waals surface area contributed by atoms with E-state index >= 15 is 0 Å². The Labute approximate surface area is 316 Å². The fourth-order valence-electron chi connectivity index (χ4n) is 8.20. The average molecular weight is 811 g/mol. The second-order valence-electron chi connectivity index (χ2n) is 17.7. The Morgan fingerprint density at radius 2 is 1.04 bits per heavy atom. The van der Waals surface area contributed by atoms with Gasteiger partial charge in [-0.25, -0.2) is 9.97 Å². The number of carbonyl (C=O) groups excluding carboxylic acids is 1. The van der Waals surface area contributed by atoms with E-state index in [4.69, 9.17) is 9.97 Å². The van der Waals surface area contributed by atoms with E-state index in [1.807, 2.05) is 0 Å². The smallest absolute Gasteiger partial charge is 0.166 e. The highest BCUT2D eigenvalue weighted by molar-refractivity contribution is 9.10. The number of nitrogens with zero attached hydrogens (tertiary/aromatic N) is 6. The van der Waals surface area contributed by atoms with Crippen LogP contribution < -0.4 is 0 Å². The van der Waals surface area contributed by atoms with Crippen molar-refractivity contribution in [2.24, 2.45) is 22.7 Å². The molecule has 2 aliphatic rings. The monoisotopic (exact) mass is 808 g/mol. The predicted octanol–water partition coefficient (Wildman–Crippen LogP) is 9.56. The average Bonchev–Trinajstić information content (AvgIpc) is 3.53. The van der Waals surface area contributed by atoms with Crippen LogP contribution in [-0.2, 0) is 30.7 Å². The quantitative estimate of drug-likeness (QED) is 0.160. The first-order valence-corrected chi connectivity index (χ1v) is 20.4. The van der Waals surface area contributed by atoms with Gasteiger partial charge in [0.15, 0.2) is 5.78 Å². The summed E-state index contributed by atoms with van der Waals surface area (Å²) < 4.78 is 7.11. The first kappa shape index (κ1) is 37.7. The number of benzene rings is 2. The number of rotatable bonds is 10. The number of fused-ring (bicyclic) bond motifs is 2. The lowest BCUT2D eigenvalue weighted by atomic mass is 9.91. The van der Waals surface area contributed by atoms with E-state index in [0.717, 1.165) is 97.8 Å². The Kier molecular flexibility index (Phi) is 11.4. The minimum atomic E-state index is -0.0526. The summed E-state index contributed by atoms with van der Waals surface area (Å²) in [6.07, 6.45) is 6.35. The maximum atomic E-state index is 13.9. The number of imidazole rings is 2. The van der Waals surface area contributed by atoms with E-state index in [1.165, 1.54) is 22.7 Å². The Balaban J connectivity index is 1.03. The van der Waals surface area contributed by atoms with Crippen LogP contribution in [0.15, 0.2) is 45.3 Å². The molecule has 0 bridgehead atoms. The van der Waals surface area contributed by atoms with Crippen LogP contribution in [-0.4, -0.2) is 72.9 Å². The third kappa shape index (κ3) is 8.92.